The Kier molecular flexibility index (Phi) is 3.89. The van der Waals surface area contributed by atoms with Gasteiger partial charge >= 0.3 is 5.97 Å². The number of nitrogens with one attached hydrogen (secondary N) is 1. The van der Waals surface area contributed by atoms with Gasteiger partial charge in [0, 0.05) is 6.20 Å². The van der Waals surface area contributed by atoms with E-state index in [1.54, 1.807) is 6.07 Å². The van der Waals surface area contributed by atoms with E-state index >= 15 is 0 Å². The predicted octanol–water partition coefficient (Wildman–Crippen LogP) is -0.0330. The molecule has 0 spiro atoms. The fraction of sp³-hybridized carbons (Fsp3) is 0.333. The normalized spacial score (nSPS) is 12.8. The number of hydrogen-bond acceptors (Lipinski definition) is 6. The maximum Gasteiger partial charge on any atom is 0.325 e. The van der Waals surface area contributed by atoms with Gasteiger partial charge in [-0.1, -0.05) is 0 Å². The van der Waals surface area contributed by atoms with Crippen molar-refractivity contribution in [3.8, 4) is 0 Å². The summed E-state index contributed by atoms with van der Waals surface area (Å²) in [5.74, 6) is -0.866. The van der Waals surface area contributed by atoms with Crippen LogP contribution >= 0.6 is 0 Å². The highest BCUT2D eigenvalue weighted by atomic mass is 32.2. The van der Waals surface area contributed by atoms with Crippen molar-refractivity contribution in [3.63, 3.8) is 0 Å². The monoisotopic (exact) mass is 259 g/mol. The van der Waals surface area contributed by atoms with Crippen molar-refractivity contribution >= 4 is 27.5 Å². The Hall–Kier alpha value is -1.83. The number of anilines is 2. The molecule has 0 aliphatic carbocycles. The highest BCUT2D eigenvalue weighted by molar-refractivity contribution is 7.94. The standard InChI is InChI=1S/C9H13N3O4S/c1-6(9(13)16-2)17(14,15)12-8-7(10)4-3-5-11-8/h3-6H,10H2,1-2H3,(H,11,12). The number of ether oxygens (including phenoxy) is 1. The van der Waals surface area contributed by atoms with Gasteiger partial charge in [0.1, 0.15) is 0 Å². The molecular weight excluding hydrogens is 246 g/mol. The number of rotatable bonds is 4. The SMILES string of the molecule is COC(=O)C(C)S(=O)(=O)Nc1ncccc1N. The molecule has 1 aromatic heterocycles. The number of nitrogens with two attached hydrogens (primary N) is 1. The van der Waals surface area contributed by atoms with Crippen LogP contribution in [0.2, 0.25) is 0 Å². The van der Waals surface area contributed by atoms with Gasteiger partial charge in [-0.05, 0) is 19.1 Å². The maximum absolute atomic E-state index is 11.7. The molecule has 0 saturated carbocycles. The summed E-state index contributed by atoms with van der Waals surface area (Å²) >= 11 is 0. The van der Waals surface area contributed by atoms with E-state index in [0.717, 1.165) is 7.11 Å². The molecule has 0 radical (unpaired) electrons. The van der Waals surface area contributed by atoms with Crippen molar-refractivity contribution in [3.05, 3.63) is 18.3 Å². The Balaban J connectivity index is 2.95. The number of esters is 1. The number of aromatic nitrogens is 1. The molecule has 1 atom stereocenters. The van der Waals surface area contributed by atoms with Crippen LogP contribution in [0.5, 0.6) is 0 Å². The minimum Gasteiger partial charge on any atom is -0.468 e. The molecule has 0 fully saturated rings. The highest BCUT2D eigenvalue weighted by Gasteiger charge is 2.29. The summed E-state index contributed by atoms with van der Waals surface area (Å²) in [5, 5.41) is -1.34. The number of hydrogen-bond donors (Lipinski definition) is 2. The summed E-state index contributed by atoms with van der Waals surface area (Å²) in [6.45, 7) is 1.22. The molecule has 3 N–H and O–H groups in total. The van der Waals surface area contributed by atoms with E-state index in [0.29, 0.717) is 0 Å². The first-order valence-electron chi connectivity index (χ1n) is 4.68. The van der Waals surface area contributed by atoms with Crippen LogP contribution < -0.4 is 10.5 Å². The van der Waals surface area contributed by atoms with E-state index in [1.165, 1.54) is 19.2 Å². The minimum absolute atomic E-state index is 0.0109. The van der Waals surface area contributed by atoms with Crippen LogP contribution in [0.15, 0.2) is 18.3 Å². The largest absolute Gasteiger partial charge is 0.468 e. The van der Waals surface area contributed by atoms with Crippen LogP contribution in [-0.2, 0) is 19.6 Å². The summed E-state index contributed by atoms with van der Waals surface area (Å²) in [6, 6.07) is 3.06. The van der Waals surface area contributed by atoms with E-state index in [4.69, 9.17) is 5.73 Å². The summed E-state index contributed by atoms with van der Waals surface area (Å²) in [7, 11) is -2.80. The molecule has 0 aliphatic rings. The van der Waals surface area contributed by atoms with Gasteiger partial charge < -0.3 is 10.5 Å². The van der Waals surface area contributed by atoms with E-state index in [9.17, 15) is 13.2 Å². The lowest BCUT2D eigenvalue weighted by Crippen LogP contribution is -2.33. The first-order chi connectivity index (χ1) is 7.88. The molecule has 0 aromatic carbocycles. The van der Waals surface area contributed by atoms with Crippen molar-refractivity contribution in [1.82, 2.24) is 4.98 Å². The summed E-state index contributed by atoms with van der Waals surface area (Å²) < 4.78 is 30.0. The second-order valence-corrected chi connectivity index (χ2v) is 5.25. The van der Waals surface area contributed by atoms with Gasteiger partial charge in [0.15, 0.2) is 11.1 Å². The van der Waals surface area contributed by atoms with Crippen LogP contribution in [0.4, 0.5) is 11.5 Å². The molecule has 1 unspecified atom stereocenters. The molecule has 7 nitrogen and oxygen atoms in total. The van der Waals surface area contributed by atoms with E-state index in [2.05, 4.69) is 14.4 Å². The zero-order valence-electron chi connectivity index (χ0n) is 9.38. The average Bonchev–Trinajstić information content (AvgIpc) is 2.30. The number of carbonyl (C=O) groups is 1. The van der Waals surface area contributed by atoms with Gasteiger partial charge in [0.2, 0.25) is 10.0 Å². The molecule has 0 saturated heterocycles. The fourth-order valence-corrected chi connectivity index (χ4v) is 1.99. The van der Waals surface area contributed by atoms with E-state index in [1.807, 2.05) is 0 Å². The molecule has 1 heterocycles. The number of sulfonamides is 1. The Bertz CT molecular complexity index is 515. The van der Waals surface area contributed by atoms with Crippen LogP contribution in [0.3, 0.4) is 0 Å². The van der Waals surface area contributed by atoms with Crippen molar-refractivity contribution in [2.24, 2.45) is 0 Å². The number of nitrogen functional groups attached to an aromatic ring is 1. The second-order valence-electron chi connectivity index (χ2n) is 3.25. The Morgan fingerprint density at radius 1 is 1.59 bits per heavy atom. The Morgan fingerprint density at radius 3 is 2.76 bits per heavy atom. The molecule has 0 bridgehead atoms. The number of nitrogens with zero attached hydrogens (tertiary/aromatic N) is 1. The Morgan fingerprint density at radius 2 is 2.24 bits per heavy atom. The Labute approximate surface area is 99.0 Å². The van der Waals surface area contributed by atoms with Crippen molar-refractivity contribution < 1.29 is 17.9 Å². The molecule has 0 amide bonds. The van der Waals surface area contributed by atoms with Gasteiger partial charge in [-0.15, -0.1) is 0 Å². The minimum atomic E-state index is -3.91. The van der Waals surface area contributed by atoms with Crippen molar-refractivity contribution in [1.29, 1.82) is 0 Å². The van der Waals surface area contributed by atoms with Crippen LogP contribution in [0.1, 0.15) is 6.92 Å². The topological polar surface area (TPSA) is 111 Å². The second kappa shape index (κ2) is 5.00. The third-order valence-corrected chi connectivity index (χ3v) is 3.68. The average molecular weight is 259 g/mol. The van der Waals surface area contributed by atoms with E-state index in [-0.39, 0.29) is 11.5 Å². The first-order valence-corrected chi connectivity index (χ1v) is 6.23. The van der Waals surface area contributed by atoms with Gasteiger partial charge in [-0.2, -0.15) is 0 Å². The maximum atomic E-state index is 11.7. The lowest BCUT2D eigenvalue weighted by Gasteiger charge is -2.13. The van der Waals surface area contributed by atoms with Gasteiger partial charge in [-0.3, -0.25) is 9.52 Å². The van der Waals surface area contributed by atoms with Crippen LogP contribution in [0.25, 0.3) is 0 Å². The van der Waals surface area contributed by atoms with Gasteiger partial charge in [-0.25, -0.2) is 13.4 Å². The van der Waals surface area contributed by atoms with Gasteiger partial charge in [0.25, 0.3) is 0 Å². The van der Waals surface area contributed by atoms with Crippen molar-refractivity contribution in [2.75, 3.05) is 17.6 Å². The summed E-state index contributed by atoms with van der Waals surface area (Å²) in [4.78, 5) is 14.9. The highest BCUT2D eigenvalue weighted by Crippen LogP contribution is 2.16. The number of pyridine rings is 1. The smallest absolute Gasteiger partial charge is 0.325 e. The predicted molar refractivity (Wildman–Crippen MR) is 62.7 cm³/mol. The third kappa shape index (κ3) is 3.06. The first kappa shape index (κ1) is 13.2. The third-order valence-electron chi connectivity index (χ3n) is 2.08. The van der Waals surface area contributed by atoms with Crippen LogP contribution in [0, 0.1) is 0 Å². The molecule has 94 valence electrons. The lowest BCUT2D eigenvalue weighted by atomic mass is 10.4. The lowest BCUT2D eigenvalue weighted by molar-refractivity contribution is -0.139. The van der Waals surface area contributed by atoms with Gasteiger partial charge in [0.05, 0.1) is 12.8 Å². The zero-order valence-corrected chi connectivity index (χ0v) is 10.2. The van der Waals surface area contributed by atoms with Crippen molar-refractivity contribution in [2.45, 2.75) is 12.2 Å². The molecule has 17 heavy (non-hydrogen) atoms. The number of methoxy groups -OCH3 is 1. The van der Waals surface area contributed by atoms with Crippen LogP contribution in [-0.4, -0.2) is 31.7 Å². The molecule has 0 aliphatic heterocycles. The molecule has 8 heteroatoms. The molecular formula is C9H13N3O4S. The summed E-state index contributed by atoms with van der Waals surface area (Å²) in [5.41, 5.74) is 5.71. The molecule has 1 aromatic rings. The quantitative estimate of drug-likeness (QED) is 0.734. The summed E-state index contributed by atoms with van der Waals surface area (Å²) in [6.07, 6.45) is 1.39. The molecule has 1 rings (SSSR count). The zero-order chi connectivity index (χ0) is 13.1. The number of carbonyl (C=O) groups excluding carboxylic acids is 1. The van der Waals surface area contributed by atoms with E-state index < -0.39 is 21.2 Å². The fourth-order valence-electron chi connectivity index (χ4n) is 1.02.